The average Bonchev–Trinajstić information content (AvgIpc) is 3.58. The number of hydrogen-bond acceptors (Lipinski definition) is 0. The third-order valence-electron chi connectivity index (χ3n) is 9.17. The Hall–Kier alpha value is -2.89. The molecule has 0 aromatic heterocycles. The predicted molar refractivity (Wildman–Crippen MR) is 221 cm³/mol. The predicted octanol–water partition coefficient (Wildman–Crippen LogP) is 13.5. The summed E-state index contributed by atoms with van der Waals surface area (Å²) in [5.74, 6) is 0.551. The summed E-state index contributed by atoms with van der Waals surface area (Å²) in [4.78, 5) is 0. The summed E-state index contributed by atoms with van der Waals surface area (Å²) in [6.07, 6.45) is 6.55. The molecule has 0 N–H and O–H groups in total. The molecule has 0 spiro atoms. The number of fused-ring (bicyclic) bond motifs is 3. The molecule has 0 nitrogen and oxygen atoms in total. The van der Waals surface area contributed by atoms with E-state index in [9.17, 15) is 0 Å². The fourth-order valence-electron chi connectivity index (χ4n) is 5.80. The third-order valence-corrected chi connectivity index (χ3v) is 9.17. The van der Waals surface area contributed by atoms with Crippen LogP contribution in [0, 0.1) is 30.2 Å². The maximum absolute atomic E-state index is 3.67. The van der Waals surface area contributed by atoms with Crippen molar-refractivity contribution >= 4 is 4.21 Å². The minimum atomic E-state index is 0.167. The van der Waals surface area contributed by atoms with Gasteiger partial charge in [0, 0.05) is 0 Å². The van der Waals surface area contributed by atoms with Crippen LogP contribution >= 0.6 is 0 Å². The Balaban J connectivity index is 0.000000253. The van der Waals surface area contributed by atoms with Crippen molar-refractivity contribution in [2.75, 3.05) is 0 Å². The van der Waals surface area contributed by atoms with Crippen molar-refractivity contribution in [2.24, 2.45) is 5.92 Å². The molecule has 0 radical (unpaired) electrons. The first-order chi connectivity index (χ1) is 23.6. The Morgan fingerprint density at radius 2 is 1.04 bits per heavy atom. The summed E-state index contributed by atoms with van der Waals surface area (Å²) in [6.45, 7) is 33.3. The van der Waals surface area contributed by atoms with Crippen molar-refractivity contribution < 1.29 is 24.2 Å². The fourth-order valence-corrected chi connectivity index (χ4v) is 5.80. The Morgan fingerprint density at radius 1 is 0.588 bits per heavy atom. The van der Waals surface area contributed by atoms with Crippen LogP contribution in [0.4, 0.5) is 0 Å². The molecule has 1 heteroatoms. The first kappa shape index (κ1) is 44.3. The quantitative estimate of drug-likeness (QED) is 0.138. The van der Waals surface area contributed by atoms with Crippen LogP contribution in [-0.2, 0) is 52.3 Å². The third kappa shape index (κ3) is 13.9. The van der Waals surface area contributed by atoms with Crippen LogP contribution in [0.2, 0.25) is 0 Å². The molecule has 6 rings (SSSR count). The van der Waals surface area contributed by atoms with Gasteiger partial charge in [0.1, 0.15) is 0 Å². The van der Waals surface area contributed by atoms with E-state index in [1.54, 1.807) is 0 Å². The molecular weight excluding hydrogens is 692 g/mol. The Morgan fingerprint density at radius 3 is 1.37 bits per heavy atom. The van der Waals surface area contributed by atoms with Gasteiger partial charge < -0.3 is 0 Å². The molecule has 0 fully saturated rings. The zero-order valence-corrected chi connectivity index (χ0v) is 37.0. The van der Waals surface area contributed by atoms with Crippen molar-refractivity contribution in [1.29, 1.82) is 0 Å². The normalized spacial score (nSPS) is 14.7. The topological polar surface area (TPSA) is 0 Å². The molecular formula is C50H64Zr-4. The summed E-state index contributed by atoms with van der Waals surface area (Å²) >= 11 is 1.30. The van der Waals surface area contributed by atoms with E-state index in [4.69, 9.17) is 0 Å². The van der Waals surface area contributed by atoms with Gasteiger partial charge in [-0.1, -0.05) is 127 Å². The van der Waals surface area contributed by atoms with Gasteiger partial charge >= 0.3 is 28.4 Å². The Bertz CT molecular complexity index is 1590. The van der Waals surface area contributed by atoms with Crippen LogP contribution in [0.5, 0.6) is 0 Å². The summed E-state index contributed by atoms with van der Waals surface area (Å²) in [5, 5.41) is 0. The maximum atomic E-state index is 3.67. The number of rotatable bonds is 0. The summed E-state index contributed by atoms with van der Waals surface area (Å²) in [5.41, 5.74) is 14.7. The molecule has 272 valence electrons. The molecule has 1 unspecified atom stereocenters. The van der Waals surface area contributed by atoms with E-state index in [1.165, 1.54) is 79.9 Å². The van der Waals surface area contributed by atoms with Gasteiger partial charge in [0.25, 0.3) is 0 Å². The fraction of sp³-hybridized carbons (Fsp3) is 0.420. The van der Waals surface area contributed by atoms with Gasteiger partial charge in [-0.25, -0.2) is 11.1 Å². The van der Waals surface area contributed by atoms with Crippen LogP contribution < -0.4 is 0 Å². The monoisotopic (exact) mass is 754 g/mol. The molecule has 4 aromatic carbocycles. The van der Waals surface area contributed by atoms with E-state index in [-0.39, 0.29) is 21.7 Å². The van der Waals surface area contributed by atoms with Crippen molar-refractivity contribution in [2.45, 2.75) is 132 Å². The Kier molecular flexibility index (Phi) is 16.3. The van der Waals surface area contributed by atoms with Gasteiger partial charge in [0.2, 0.25) is 0 Å². The molecule has 1 atom stereocenters. The molecule has 0 bridgehead atoms. The second-order valence-corrected chi connectivity index (χ2v) is 17.8. The molecule has 4 aromatic rings. The Labute approximate surface area is 329 Å². The first-order valence-corrected chi connectivity index (χ1v) is 20.1. The van der Waals surface area contributed by atoms with E-state index in [0.29, 0.717) is 5.92 Å². The molecule has 2 aliphatic carbocycles. The first-order valence-electron chi connectivity index (χ1n) is 18.3. The molecule has 0 saturated heterocycles. The van der Waals surface area contributed by atoms with Crippen LogP contribution in [0.3, 0.4) is 0 Å². The van der Waals surface area contributed by atoms with Crippen LogP contribution in [0.15, 0.2) is 96.1 Å². The van der Waals surface area contributed by atoms with Crippen molar-refractivity contribution in [1.82, 2.24) is 0 Å². The van der Waals surface area contributed by atoms with Crippen LogP contribution in [-0.4, -0.2) is 4.21 Å². The van der Waals surface area contributed by atoms with Crippen LogP contribution in [0.25, 0.3) is 11.1 Å². The van der Waals surface area contributed by atoms with Crippen LogP contribution in [0.1, 0.15) is 137 Å². The van der Waals surface area contributed by atoms with E-state index >= 15 is 0 Å². The van der Waals surface area contributed by atoms with Crippen molar-refractivity contribution in [3.05, 3.63) is 154 Å². The van der Waals surface area contributed by atoms with Gasteiger partial charge in [0.15, 0.2) is 0 Å². The molecule has 0 amide bonds. The second kappa shape index (κ2) is 18.7. The summed E-state index contributed by atoms with van der Waals surface area (Å²) in [7, 11) is 0. The van der Waals surface area contributed by atoms with Gasteiger partial charge in [-0.15, -0.1) is 18.1 Å². The summed E-state index contributed by atoms with van der Waals surface area (Å²) < 4.78 is 3.34. The van der Waals surface area contributed by atoms with Crippen molar-refractivity contribution in [3.8, 4) is 11.1 Å². The number of hydrogen-bond donors (Lipinski definition) is 0. The van der Waals surface area contributed by atoms with E-state index in [0.717, 1.165) is 6.42 Å². The van der Waals surface area contributed by atoms with Crippen molar-refractivity contribution in [3.63, 3.8) is 0 Å². The second-order valence-electron chi connectivity index (χ2n) is 17.8. The molecule has 0 aliphatic heterocycles. The van der Waals surface area contributed by atoms with Gasteiger partial charge in [-0.2, -0.15) is 102 Å². The number of benzene rings is 4. The van der Waals surface area contributed by atoms with E-state index < -0.39 is 0 Å². The molecule has 0 saturated carbocycles. The molecule has 2 aliphatic rings. The summed E-state index contributed by atoms with van der Waals surface area (Å²) in [6, 6.07) is 37.5. The van der Waals surface area contributed by atoms with Gasteiger partial charge in [0.05, 0.1) is 0 Å². The molecule has 0 heterocycles. The van der Waals surface area contributed by atoms with Gasteiger partial charge in [-0.3, -0.25) is 6.08 Å². The zero-order valence-electron chi connectivity index (χ0n) is 34.6. The SMILES string of the molecule is CC(C)(C)c1[c-]c2c(cc1)-c1ccc(C(C)(C)C)cc1C2.CC(C)(C)c1cc[c-]cc1.CC(C)(C)c1cc[c-]cc1.CC1=[C-]C(C)C=C1C.[CH2]=[Zr]. The average molecular weight is 756 g/mol. The van der Waals surface area contributed by atoms with Gasteiger partial charge in [-0.05, 0) is 39.2 Å². The number of allylic oxidation sites excluding steroid dienone is 4. The zero-order chi connectivity index (χ0) is 38.8. The van der Waals surface area contributed by atoms with E-state index in [2.05, 4.69) is 193 Å². The minimum absolute atomic E-state index is 0.167. The molecule has 51 heavy (non-hydrogen) atoms. The standard InChI is InChI=1S/C21H25.2C10H13.C8H11.CH2.Zr/c1-20(2,3)16-7-9-18-14(12-16)11-15-13-17(21(4,5)6)8-10-19(15)18;2*1-10(2,3)9-7-5-4-6-8-9;1-6-4-7(2)8(3)5-6;;/h7-10,12H,11H2,1-6H3;2*5-8H,1-3H3;4,6H,1-3H3;1H2;/q4*-1;;. The van der Waals surface area contributed by atoms with E-state index in [1.807, 2.05) is 24.3 Å².